The standard InChI is InChI=1S/C24H16I2N2O4/c25-20-11-16(10-18(13-27)23(29)28-19-4-2-1-3-5-19)12-21(26)22(20)32-14-15-6-8-17(9-7-15)24(30)31/h1-12H,14H2,(H,28,29)(H,30,31)/b18-10-. The third-order valence-electron chi connectivity index (χ3n) is 4.31. The Morgan fingerprint density at radius 2 is 1.66 bits per heavy atom. The molecule has 0 saturated heterocycles. The number of hydrogen-bond acceptors (Lipinski definition) is 4. The van der Waals surface area contributed by atoms with Crippen LogP contribution in [0.15, 0.2) is 72.3 Å². The summed E-state index contributed by atoms with van der Waals surface area (Å²) in [6.45, 7) is 0.282. The molecule has 0 radical (unpaired) electrons. The maximum atomic E-state index is 12.4. The Balaban J connectivity index is 1.74. The number of carboxylic acid groups (broad SMARTS) is 1. The monoisotopic (exact) mass is 650 g/mol. The Morgan fingerprint density at radius 1 is 1.03 bits per heavy atom. The first kappa shape index (κ1) is 23.7. The number of aromatic carboxylic acids is 1. The Kier molecular flexibility index (Phi) is 8.24. The lowest BCUT2D eigenvalue weighted by atomic mass is 10.1. The topological polar surface area (TPSA) is 99.4 Å². The SMILES string of the molecule is N#C/C(=C/c1cc(I)c(OCc2ccc(C(=O)O)cc2)c(I)c1)C(=O)Nc1ccccc1. The van der Waals surface area contributed by atoms with Crippen LogP contribution >= 0.6 is 45.2 Å². The van der Waals surface area contributed by atoms with Crippen LogP contribution in [0.5, 0.6) is 5.75 Å². The van der Waals surface area contributed by atoms with Gasteiger partial charge in [-0.2, -0.15) is 5.26 Å². The van der Waals surface area contributed by atoms with Gasteiger partial charge < -0.3 is 15.2 Å². The number of anilines is 1. The molecule has 0 heterocycles. The van der Waals surface area contributed by atoms with E-state index < -0.39 is 11.9 Å². The number of para-hydroxylation sites is 1. The van der Waals surface area contributed by atoms with E-state index in [2.05, 4.69) is 50.5 Å². The second-order valence-electron chi connectivity index (χ2n) is 6.59. The highest BCUT2D eigenvalue weighted by Gasteiger charge is 2.13. The van der Waals surface area contributed by atoms with Gasteiger partial charge in [0.05, 0.1) is 12.7 Å². The van der Waals surface area contributed by atoms with E-state index in [1.165, 1.54) is 18.2 Å². The van der Waals surface area contributed by atoms with Crippen molar-refractivity contribution in [1.29, 1.82) is 5.26 Å². The fraction of sp³-hybridized carbons (Fsp3) is 0.0417. The Hall–Kier alpha value is -2.91. The molecule has 0 aliphatic heterocycles. The molecule has 0 saturated carbocycles. The minimum absolute atomic E-state index is 0.00681. The first-order chi connectivity index (χ1) is 15.4. The van der Waals surface area contributed by atoms with Gasteiger partial charge in [0, 0.05) is 5.69 Å². The predicted molar refractivity (Wildman–Crippen MR) is 138 cm³/mol. The molecule has 0 aliphatic rings. The lowest BCUT2D eigenvalue weighted by molar-refractivity contribution is -0.112. The molecule has 0 bridgehead atoms. The highest BCUT2D eigenvalue weighted by molar-refractivity contribution is 14.1. The molecular formula is C24H16I2N2O4. The molecule has 8 heteroatoms. The first-order valence-corrected chi connectivity index (χ1v) is 11.5. The molecule has 2 N–H and O–H groups in total. The van der Waals surface area contributed by atoms with E-state index in [0.717, 1.165) is 12.7 Å². The highest BCUT2D eigenvalue weighted by Crippen LogP contribution is 2.30. The van der Waals surface area contributed by atoms with Crippen LogP contribution in [0.25, 0.3) is 6.08 Å². The molecule has 160 valence electrons. The second-order valence-corrected chi connectivity index (χ2v) is 8.92. The normalized spacial score (nSPS) is 10.8. The molecule has 3 rings (SSSR count). The molecule has 6 nitrogen and oxygen atoms in total. The molecule has 0 spiro atoms. The van der Waals surface area contributed by atoms with Crippen molar-refractivity contribution in [3.05, 3.63) is 96.1 Å². The molecule has 3 aromatic rings. The van der Waals surface area contributed by atoms with Crippen molar-refractivity contribution >= 4 is 68.8 Å². The van der Waals surface area contributed by atoms with Crippen molar-refractivity contribution in [3.8, 4) is 11.8 Å². The summed E-state index contributed by atoms with van der Waals surface area (Å²) < 4.78 is 7.59. The molecule has 3 aromatic carbocycles. The molecule has 0 atom stereocenters. The summed E-state index contributed by atoms with van der Waals surface area (Å²) in [6, 6.07) is 21.1. The zero-order chi connectivity index (χ0) is 23.1. The largest absolute Gasteiger partial charge is 0.487 e. The summed E-state index contributed by atoms with van der Waals surface area (Å²) in [5.74, 6) is -0.772. The van der Waals surface area contributed by atoms with E-state index in [4.69, 9.17) is 9.84 Å². The zero-order valence-corrected chi connectivity index (χ0v) is 20.8. The number of carbonyl (C=O) groups excluding carboxylic acids is 1. The third-order valence-corrected chi connectivity index (χ3v) is 5.91. The maximum Gasteiger partial charge on any atom is 0.335 e. The summed E-state index contributed by atoms with van der Waals surface area (Å²) in [5, 5.41) is 21.1. The Labute approximate surface area is 212 Å². The fourth-order valence-corrected chi connectivity index (χ4v) is 4.86. The number of carboxylic acids is 1. The number of benzene rings is 3. The smallest absolute Gasteiger partial charge is 0.335 e. The number of amides is 1. The fourth-order valence-electron chi connectivity index (χ4n) is 2.73. The first-order valence-electron chi connectivity index (χ1n) is 9.29. The number of rotatable bonds is 7. The minimum Gasteiger partial charge on any atom is -0.487 e. The van der Waals surface area contributed by atoms with Gasteiger partial charge in [0.1, 0.15) is 24.0 Å². The van der Waals surface area contributed by atoms with Crippen molar-refractivity contribution in [1.82, 2.24) is 0 Å². The van der Waals surface area contributed by atoms with Gasteiger partial charge in [-0.15, -0.1) is 0 Å². The lowest BCUT2D eigenvalue weighted by Crippen LogP contribution is -2.13. The van der Waals surface area contributed by atoms with Gasteiger partial charge in [-0.1, -0.05) is 30.3 Å². The summed E-state index contributed by atoms with van der Waals surface area (Å²) in [4.78, 5) is 23.4. The number of ether oxygens (including phenoxy) is 1. The van der Waals surface area contributed by atoms with Crippen LogP contribution in [-0.2, 0) is 11.4 Å². The molecule has 0 aromatic heterocycles. The number of carbonyl (C=O) groups is 2. The van der Waals surface area contributed by atoms with E-state index in [1.807, 2.05) is 24.3 Å². The third kappa shape index (κ3) is 6.30. The van der Waals surface area contributed by atoms with E-state index in [0.29, 0.717) is 17.0 Å². The number of nitrogens with one attached hydrogen (secondary N) is 1. The van der Waals surface area contributed by atoms with Gasteiger partial charge in [0.2, 0.25) is 0 Å². The van der Waals surface area contributed by atoms with E-state index in [9.17, 15) is 14.9 Å². The van der Waals surface area contributed by atoms with E-state index >= 15 is 0 Å². The van der Waals surface area contributed by atoms with Gasteiger partial charge in [0.25, 0.3) is 5.91 Å². The van der Waals surface area contributed by atoms with E-state index in [-0.39, 0.29) is 17.7 Å². The molecular weight excluding hydrogens is 634 g/mol. The van der Waals surface area contributed by atoms with E-state index in [1.54, 1.807) is 36.4 Å². The maximum absolute atomic E-state index is 12.4. The van der Waals surface area contributed by atoms with Crippen molar-refractivity contribution in [2.24, 2.45) is 0 Å². The van der Waals surface area contributed by atoms with Gasteiger partial charge in [-0.25, -0.2) is 4.79 Å². The molecule has 0 unspecified atom stereocenters. The van der Waals surface area contributed by atoms with Crippen LogP contribution < -0.4 is 10.1 Å². The molecule has 0 aliphatic carbocycles. The molecule has 1 amide bonds. The van der Waals surface area contributed by atoms with Gasteiger partial charge in [-0.05, 0) is 98.8 Å². The van der Waals surface area contributed by atoms with Crippen molar-refractivity contribution in [3.63, 3.8) is 0 Å². The number of halogens is 2. The van der Waals surface area contributed by atoms with Crippen LogP contribution in [0.2, 0.25) is 0 Å². The Morgan fingerprint density at radius 3 is 2.22 bits per heavy atom. The predicted octanol–water partition coefficient (Wildman–Crippen LogP) is 5.72. The van der Waals surface area contributed by atoms with Crippen molar-refractivity contribution in [2.45, 2.75) is 6.61 Å². The van der Waals surface area contributed by atoms with Crippen molar-refractivity contribution in [2.75, 3.05) is 5.32 Å². The van der Waals surface area contributed by atoms with Gasteiger partial charge in [-0.3, -0.25) is 4.79 Å². The lowest BCUT2D eigenvalue weighted by Gasteiger charge is -2.12. The van der Waals surface area contributed by atoms with Gasteiger partial charge in [0.15, 0.2) is 0 Å². The summed E-state index contributed by atoms with van der Waals surface area (Å²) in [6.07, 6.45) is 1.54. The molecule has 0 fully saturated rings. The quantitative estimate of drug-likeness (QED) is 0.194. The molecule has 32 heavy (non-hydrogen) atoms. The second kappa shape index (κ2) is 11.1. The van der Waals surface area contributed by atoms with Crippen LogP contribution in [0, 0.1) is 18.5 Å². The zero-order valence-electron chi connectivity index (χ0n) is 16.5. The average Bonchev–Trinajstić information content (AvgIpc) is 2.77. The summed E-state index contributed by atoms with van der Waals surface area (Å²) >= 11 is 4.29. The van der Waals surface area contributed by atoms with Crippen LogP contribution in [0.4, 0.5) is 5.69 Å². The summed E-state index contributed by atoms with van der Waals surface area (Å²) in [7, 11) is 0. The number of nitrogens with zero attached hydrogens (tertiary/aromatic N) is 1. The average molecular weight is 650 g/mol. The van der Waals surface area contributed by atoms with Crippen LogP contribution in [0.3, 0.4) is 0 Å². The minimum atomic E-state index is -0.973. The Bertz CT molecular complexity index is 1190. The number of hydrogen-bond donors (Lipinski definition) is 2. The van der Waals surface area contributed by atoms with Crippen LogP contribution in [0.1, 0.15) is 21.5 Å². The van der Waals surface area contributed by atoms with Crippen LogP contribution in [-0.4, -0.2) is 17.0 Å². The highest BCUT2D eigenvalue weighted by atomic mass is 127. The van der Waals surface area contributed by atoms with Gasteiger partial charge >= 0.3 is 5.97 Å². The van der Waals surface area contributed by atoms with Crippen molar-refractivity contribution < 1.29 is 19.4 Å². The summed E-state index contributed by atoms with van der Waals surface area (Å²) in [5.41, 5.74) is 2.38. The number of nitriles is 1.